The lowest BCUT2D eigenvalue weighted by Gasteiger charge is -2.15. The zero-order valence-electron chi connectivity index (χ0n) is 11.9. The second kappa shape index (κ2) is 6.49. The van der Waals surface area contributed by atoms with E-state index in [-0.39, 0.29) is 0 Å². The molecule has 0 aliphatic rings. The molecule has 0 amide bonds. The van der Waals surface area contributed by atoms with Crippen LogP contribution in [0.2, 0.25) is 0 Å². The average Bonchev–Trinajstić information content (AvgIpc) is 2.84. The third-order valence-electron chi connectivity index (χ3n) is 2.93. The Balaban J connectivity index is 1.94. The molecule has 2 aromatic rings. The molecule has 0 bridgehead atoms. The number of aromatic nitrogens is 2. The molecule has 6 nitrogen and oxygen atoms in total. The third-order valence-corrected chi connectivity index (χ3v) is 2.93. The second-order valence-electron chi connectivity index (χ2n) is 4.62. The maximum Gasteiger partial charge on any atom is 0.223 e. The van der Waals surface area contributed by atoms with Crippen molar-refractivity contribution in [3.63, 3.8) is 0 Å². The van der Waals surface area contributed by atoms with E-state index >= 15 is 0 Å². The zero-order chi connectivity index (χ0) is 14.5. The van der Waals surface area contributed by atoms with Crippen molar-refractivity contribution >= 4 is 0 Å². The number of nitrogens with one attached hydrogen (secondary N) is 1. The maximum atomic E-state index is 10.2. The van der Waals surface area contributed by atoms with Gasteiger partial charge in [-0.3, -0.25) is 0 Å². The fraction of sp³-hybridized carbons (Fsp3) is 0.429. The van der Waals surface area contributed by atoms with Crippen molar-refractivity contribution in [2.75, 3.05) is 13.7 Å². The molecule has 1 unspecified atom stereocenters. The number of hydrogen-bond acceptors (Lipinski definition) is 6. The van der Waals surface area contributed by atoms with Gasteiger partial charge in [0.1, 0.15) is 5.75 Å². The van der Waals surface area contributed by atoms with E-state index in [0.29, 0.717) is 30.6 Å². The number of aliphatic hydroxyl groups is 1. The van der Waals surface area contributed by atoms with Crippen molar-refractivity contribution in [2.45, 2.75) is 26.5 Å². The molecular weight excluding hydrogens is 258 g/mol. The van der Waals surface area contributed by atoms with Crippen LogP contribution in [0.1, 0.15) is 28.9 Å². The summed E-state index contributed by atoms with van der Waals surface area (Å²) in [5, 5.41) is 17.1. The predicted molar refractivity (Wildman–Crippen MR) is 73.4 cm³/mol. The van der Waals surface area contributed by atoms with Crippen LogP contribution in [-0.4, -0.2) is 28.9 Å². The topological polar surface area (TPSA) is 80.4 Å². The summed E-state index contributed by atoms with van der Waals surface area (Å²) < 4.78 is 10.1. The quantitative estimate of drug-likeness (QED) is 0.833. The Morgan fingerprint density at radius 3 is 2.85 bits per heavy atom. The Labute approximate surface area is 117 Å². The first-order chi connectivity index (χ1) is 9.60. The van der Waals surface area contributed by atoms with Gasteiger partial charge in [0.15, 0.2) is 5.82 Å². The lowest BCUT2D eigenvalue weighted by Crippen LogP contribution is -2.22. The van der Waals surface area contributed by atoms with E-state index in [2.05, 4.69) is 15.5 Å². The number of aliphatic hydroxyl groups excluding tert-OH is 1. The minimum absolute atomic E-state index is 0.382. The SMILES string of the molecule is COc1ccc(C)cc1C(O)CNCc1noc(C)n1. The van der Waals surface area contributed by atoms with Crippen LogP contribution in [0.15, 0.2) is 22.7 Å². The van der Waals surface area contributed by atoms with Crippen LogP contribution in [0.4, 0.5) is 0 Å². The van der Waals surface area contributed by atoms with Gasteiger partial charge in [0.25, 0.3) is 0 Å². The number of methoxy groups -OCH3 is 1. The van der Waals surface area contributed by atoms with Gasteiger partial charge in [-0.2, -0.15) is 4.98 Å². The highest BCUT2D eigenvalue weighted by molar-refractivity contribution is 5.38. The van der Waals surface area contributed by atoms with Crippen LogP contribution in [0.5, 0.6) is 5.75 Å². The summed E-state index contributed by atoms with van der Waals surface area (Å²) in [6.07, 6.45) is -0.655. The van der Waals surface area contributed by atoms with Crippen LogP contribution in [0.25, 0.3) is 0 Å². The molecule has 1 atom stereocenters. The Morgan fingerprint density at radius 1 is 1.40 bits per heavy atom. The molecule has 0 aliphatic heterocycles. The van der Waals surface area contributed by atoms with E-state index in [1.165, 1.54) is 0 Å². The smallest absolute Gasteiger partial charge is 0.223 e. The van der Waals surface area contributed by atoms with Crippen LogP contribution in [0, 0.1) is 13.8 Å². The summed E-state index contributed by atoms with van der Waals surface area (Å²) in [5.74, 6) is 1.79. The lowest BCUT2D eigenvalue weighted by molar-refractivity contribution is 0.169. The first-order valence-corrected chi connectivity index (χ1v) is 6.42. The van der Waals surface area contributed by atoms with Crippen LogP contribution in [-0.2, 0) is 6.54 Å². The average molecular weight is 277 g/mol. The molecule has 6 heteroatoms. The summed E-state index contributed by atoms with van der Waals surface area (Å²) >= 11 is 0. The monoisotopic (exact) mass is 277 g/mol. The van der Waals surface area contributed by atoms with Gasteiger partial charge in [-0.1, -0.05) is 16.8 Å². The molecule has 1 aromatic heterocycles. The molecular formula is C14H19N3O3. The Hall–Kier alpha value is -1.92. The number of nitrogens with zero attached hydrogens (tertiary/aromatic N) is 2. The number of aryl methyl sites for hydroxylation is 2. The highest BCUT2D eigenvalue weighted by Gasteiger charge is 2.13. The fourth-order valence-corrected chi connectivity index (χ4v) is 1.96. The van der Waals surface area contributed by atoms with E-state index in [1.54, 1.807) is 14.0 Å². The largest absolute Gasteiger partial charge is 0.496 e. The molecule has 2 rings (SSSR count). The summed E-state index contributed by atoms with van der Waals surface area (Å²) in [6, 6.07) is 5.73. The summed E-state index contributed by atoms with van der Waals surface area (Å²) in [4.78, 5) is 4.08. The fourth-order valence-electron chi connectivity index (χ4n) is 1.96. The molecule has 0 radical (unpaired) electrons. The molecule has 20 heavy (non-hydrogen) atoms. The van der Waals surface area contributed by atoms with Gasteiger partial charge in [-0.25, -0.2) is 0 Å². The molecule has 0 fully saturated rings. The maximum absolute atomic E-state index is 10.2. The van der Waals surface area contributed by atoms with Gasteiger partial charge in [0, 0.05) is 19.0 Å². The molecule has 2 N–H and O–H groups in total. The highest BCUT2D eigenvalue weighted by atomic mass is 16.5. The van der Waals surface area contributed by atoms with Gasteiger partial charge >= 0.3 is 0 Å². The molecule has 0 aliphatic carbocycles. The van der Waals surface area contributed by atoms with Crippen LogP contribution < -0.4 is 10.1 Å². The van der Waals surface area contributed by atoms with Gasteiger partial charge in [-0.15, -0.1) is 0 Å². The van der Waals surface area contributed by atoms with Crippen molar-refractivity contribution in [3.05, 3.63) is 41.0 Å². The second-order valence-corrected chi connectivity index (χ2v) is 4.62. The van der Waals surface area contributed by atoms with Crippen molar-refractivity contribution < 1.29 is 14.4 Å². The lowest BCUT2D eigenvalue weighted by atomic mass is 10.1. The zero-order valence-corrected chi connectivity index (χ0v) is 11.9. The van der Waals surface area contributed by atoms with E-state index in [4.69, 9.17) is 9.26 Å². The van der Waals surface area contributed by atoms with Crippen LogP contribution in [0.3, 0.4) is 0 Å². The Bertz CT molecular complexity index is 569. The third kappa shape index (κ3) is 3.55. The van der Waals surface area contributed by atoms with E-state index in [0.717, 1.165) is 11.1 Å². The van der Waals surface area contributed by atoms with Crippen molar-refractivity contribution in [2.24, 2.45) is 0 Å². The van der Waals surface area contributed by atoms with E-state index < -0.39 is 6.10 Å². The van der Waals surface area contributed by atoms with Gasteiger partial charge < -0.3 is 19.7 Å². The predicted octanol–water partition coefficient (Wildman–Crippen LogP) is 1.52. The highest BCUT2D eigenvalue weighted by Crippen LogP contribution is 2.25. The molecule has 1 heterocycles. The van der Waals surface area contributed by atoms with Gasteiger partial charge in [-0.05, 0) is 19.1 Å². The van der Waals surface area contributed by atoms with E-state index in [9.17, 15) is 5.11 Å². The first kappa shape index (κ1) is 14.5. The van der Waals surface area contributed by atoms with Crippen molar-refractivity contribution in [1.82, 2.24) is 15.5 Å². The van der Waals surface area contributed by atoms with Crippen molar-refractivity contribution in [3.8, 4) is 5.75 Å². The minimum Gasteiger partial charge on any atom is -0.496 e. The molecule has 1 aromatic carbocycles. The summed E-state index contributed by atoms with van der Waals surface area (Å²) in [6.45, 7) is 4.55. The number of hydrogen-bond donors (Lipinski definition) is 2. The van der Waals surface area contributed by atoms with Crippen molar-refractivity contribution in [1.29, 1.82) is 0 Å². The summed E-state index contributed by atoms with van der Waals surface area (Å²) in [5.41, 5.74) is 1.85. The van der Waals surface area contributed by atoms with Gasteiger partial charge in [0.05, 0.1) is 19.8 Å². The Kier molecular flexibility index (Phi) is 4.70. The molecule has 0 saturated heterocycles. The number of ether oxygens (including phenoxy) is 1. The minimum atomic E-state index is -0.655. The van der Waals surface area contributed by atoms with Gasteiger partial charge in [0.2, 0.25) is 5.89 Å². The molecule has 0 saturated carbocycles. The molecule has 0 spiro atoms. The van der Waals surface area contributed by atoms with Crippen LogP contribution >= 0.6 is 0 Å². The number of benzene rings is 1. The van der Waals surface area contributed by atoms with E-state index in [1.807, 2.05) is 25.1 Å². The summed E-state index contributed by atoms with van der Waals surface area (Å²) in [7, 11) is 1.59. The standard InChI is InChI=1S/C14H19N3O3/c1-9-4-5-13(19-3)11(6-9)12(18)7-15-8-14-16-10(2)20-17-14/h4-6,12,15,18H,7-8H2,1-3H3. The first-order valence-electron chi connectivity index (χ1n) is 6.42. The normalized spacial score (nSPS) is 12.4. The molecule has 108 valence electrons. The Morgan fingerprint density at radius 2 is 2.20 bits per heavy atom. The number of rotatable bonds is 6.